The number of benzene rings is 1. The lowest BCUT2D eigenvalue weighted by Gasteiger charge is -2.21. The van der Waals surface area contributed by atoms with Crippen molar-refractivity contribution >= 4 is 17.3 Å². The highest BCUT2D eigenvalue weighted by atomic mass is 16.5. The normalized spacial score (nSPS) is 11.8. The van der Waals surface area contributed by atoms with Crippen LogP contribution in [0.5, 0.6) is 0 Å². The van der Waals surface area contributed by atoms with Crippen molar-refractivity contribution in [3.05, 3.63) is 36.9 Å². The summed E-state index contributed by atoms with van der Waals surface area (Å²) in [5, 5.41) is 2.86. The minimum Gasteiger partial charge on any atom is -0.372 e. The maximum absolute atomic E-state index is 12.0. The van der Waals surface area contributed by atoms with Crippen LogP contribution < -0.4 is 10.2 Å². The van der Waals surface area contributed by atoms with Crippen molar-refractivity contribution in [1.29, 1.82) is 0 Å². The number of ether oxygens (including phenoxy) is 1. The van der Waals surface area contributed by atoms with Gasteiger partial charge in [0.05, 0.1) is 6.61 Å². The fourth-order valence-electron chi connectivity index (χ4n) is 1.99. The lowest BCUT2D eigenvalue weighted by Crippen LogP contribution is -2.28. The average molecular weight is 290 g/mol. The van der Waals surface area contributed by atoms with Crippen LogP contribution in [-0.2, 0) is 9.53 Å². The van der Waals surface area contributed by atoms with E-state index in [4.69, 9.17) is 4.74 Å². The highest BCUT2D eigenvalue weighted by Crippen LogP contribution is 2.18. The van der Waals surface area contributed by atoms with Gasteiger partial charge >= 0.3 is 0 Å². The van der Waals surface area contributed by atoms with E-state index in [9.17, 15) is 4.79 Å². The zero-order valence-corrected chi connectivity index (χ0v) is 13.3. The van der Waals surface area contributed by atoms with Gasteiger partial charge in [0.25, 0.3) is 5.91 Å². The van der Waals surface area contributed by atoms with E-state index in [2.05, 4.69) is 30.6 Å². The van der Waals surface area contributed by atoms with Crippen molar-refractivity contribution in [3.63, 3.8) is 0 Å². The summed E-state index contributed by atoms with van der Waals surface area (Å²) in [6.45, 7) is 12.1. The topological polar surface area (TPSA) is 41.6 Å². The average Bonchev–Trinajstić information content (AvgIpc) is 2.50. The van der Waals surface area contributed by atoms with E-state index < -0.39 is 6.10 Å². The Kier molecular flexibility index (Phi) is 7.54. The Hall–Kier alpha value is -1.81. The molecule has 0 aliphatic rings. The minimum absolute atomic E-state index is 0.130. The SMILES string of the molecule is C=CCCOC(C)C(=O)Nc1ccc(N(CC)CC)cc1. The molecule has 0 saturated heterocycles. The minimum atomic E-state index is -0.465. The van der Waals surface area contributed by atoms with Crippen LogP contribution in [0.25, 0.3) is 0 Å². The molecule has 0 bridgehead atoms. The van der Waals surface area contributed by atoms with E-state index in [0.29, 0.717) is 6.61 Å². The maximum atomic E-state index is 12.0. The number of nitrogens with one attached hydrogen (secondary N) is 1. The molecule has 116 valence electrons. The summed E-state index contributed by atoms with van der Waals surface area (Å²) >= 11 is 0. The Morgan fingerprint density at radius 3 is 2.48 bits per heavy atom. The van der Waals surface area contributed by atoms with Gasteiger partial charge in [0, 0.05) is 24.5 Å². The summed E-state index contributed by atoms with van der Waals surface area (Å²) in [6.07, 6.45) is 2.06. The molecule has 4 nitrogen and oxygen atoms in total. The molecular formula is C17H26N2O2. The molecule has 1 aromatic rings. The largest absolute Gasteiger partial charge is 0.372 e. The summed E-state index contributed by atoms with van der Waals surface area (Å²) in [4.78, 5) is 14.2. The molecule has 0 heterocycles. The molecular weight excluding hydrogens is 264 g/mol. The van der Waals surface area contributed by atoms with E-state index in [-0.39, 0.29) is 5.91 Å². The van der Waals surface area contributed by atoms with Crippen molar-refractivity contribution in [2.24, 2.45) is 0 Å². The van der Waals surface area contributed by atoms with E-state index >= 15 is 0 Å². The third-order valence-corrected chi connectivity index (χ3v) is 3.32. The van der Waals surface area contributed by atoms with Crippen LogP contribution in [-0.4, -0.2) is 31.7 Å². The third kappa shape index (κ3) is 5.60. The van der Waals surface area contributed by atoms with Crippen LogP contribution >= 0.6 is 0 Å². The first-order valence-electron chi connectivity index (χ1n) is 7.50. The molecule has 0 spiro atoms. The predicted octanol–water partition coefficient (Wildman–Crippen LogP) is 3.45. The number of anilines is 2. The standard InChI is InChI=1S/C17H26N2O2/c1-5-8-13-21-14(4)17(20)18-15-9-11-16(12-10-15)19(6-2)7-3/h5,9-12,14H,1,6-8,13H2,2-4H3,(H,18,20). The molecule has 21 heavy (non-hydrogen) atoms. The Balaban J connectivity index is 2.54. The number of hydrogen-bond donors (Lipinski definition) is 1. The van der Waals surface area contributed by atoms with Crippen molar-refractivity contribution in [2.45, 2.75) is 33.3 Å². The fraction of sp³-hybridized carbons (Fsp3) is 0.471. The van der Waals surface area contributed by atoms with E-state index in [1.807, 2.05) is 24.3 Å². The first-order valence-corrected chi connectivity index (χ1v) is 7.50. The number of rotatable bonds is 9. The third-order valence-electron chi connectivity index (χ3n) is 3.32. The van der Waals surface area contributed by atoms with E-state index in [0.717, 1.165) is 30.9 Å². The van der Waals surface area contributed by atoms with Crippen molar-refractivity contribution in [3.8, 4) is 0 Å². The van der Waals surface area contributed by atoms with Crippen LogP contribution in [0.2, 0.25) is 0 Å². The lowest BCUT2D eigenvalue weighted by molar-refractivity contribution is -0.126. The van der Waals surface area contributed by atoms with Gasteiger partial charge in [-0.25, -0.2) is 0 Å². The van der Waals surface area contributed by atoms with E-state index in [1.165, 1.54) is 0 Å². The van der Waals surface area contributed by atoms with Gasteiger partial charge < -0.3 is 15.0 Å². The van der Waals surface area contributed by atoms with Gasteiger partial charge in [-0.3, -0.25) is 4.79 Å². The summed E-state index contributed by atoms with van der Waals surface area (Å²) in [5.41, 5.74) is 1.95. The predicted molar refractivity (Wildman–Crippen MR) is 88.9 cm³/mol. The molecule has 0 aliphatic carbocycles. The summed E-state index contributed by atoms with van der Waals surface area (Å²) in [6, 6.07) is 7.88. The van der Waals surface area contributed by atoms with Gasteiger partial charge in [-0.15, -0.1) is 6.58 Å². The van der Waals surface area contributed by atoms with Crippen molar-refractivity contribution in [2.75, 3.05) is 29.9 Å². The van der Waals surface area contributed by atoms with Crippen molar-refractivity contribution < 1.29 is 9.53 Å². The molecule has 4 heteroatoms. The van der Waals surface area contributed by atoms with E-state index in [1.54, 1.807) is 13.0 Å². The van der Waals surface area contributed by atoms with Crippen LogP contribution in [0, 0.1) is 0 Å². The molecule has 1 rings (SSSR count). The first-order chi connectivity index (χ1) is 10.1. The molecule has 0 radical (unpaired) electrons. The Bertz CT molecular complexity index is 439. The van der Waals surface area contributed by atoms with Crippen LogP contribution in [0.15, 0.2) is 36.9 Å². The van der Waals surface area contributed by atoms with Gasteiger partial charge in [-0.1, -0.05) is 6.08 Å². The molecule has 1 N–H and O–H groups in total. The summed E-state index contributed by atoms with van der Waals surface area (Å²) in [7, 11) is 0. The summed E-state index contributed by atoms with van der Waals surface area (Å²) < 4.78 is 5.42. The second kappa shape index (κ2) is 9.19. The monoisotopic (exact) mass is 290 g/mol. The molecule has 1 atom stereocenters. The second-order valence-electron chi connectivity index (χ2n) is 4.80. The number of carbonyl (C=O) groups is 1. The van der Waals surface area contributed by atoms with Gasteiger partial charge in [-0.05, 0) is 51.5 Å². The number of amides is 1. The molecule has 1 unspecified atom stereocenters. The molecule has 0 aliphatic heterocycles. The zero-order chi connectivity index (χ0) is 15.7. The Morgan fingerprint density at radius 2 is 1.95 bits per heavy atom. The van der Waals surface area contributed by atoms with Gasteiger partial charge in [0.15, 0.2) is 0 Å². The fourth-order valence-corrected chi connectivity index (χ4v) is 1.99. The van der Waals surface area contributed by atoms with Crippen LogP contribution in [0.4, 0.5) is 11.4 Å². The first kappa shape index (κ1) is 17.2. The van der Waals surface area contributed by atoms with Gasteiger partial charge in [-0.2, -0.15) is 0 Å². The molecule has 0 saturated carbocycles. The summed E-state index contributed by atoms with van der Waals surface area (Å²) in [5.74, 6) is -0.130. The Labute approximate surface area is 127 Å². The number of carbonyl (C=O) groups excluding carboxylic acids is 1. The second-order valence-corrected chi connectivity index (χ2v) is 4.80. The smallest absolute Gasteiger partial charge is 0.253 e. The number of nitrogens with zero attached hydrogens (tertiary/aromatic N) is 1. The molecule has 1 amide bonds. The quantitative estimate of drug-likeness (QED) is 0.559. The maximum Gasteiger partial charge on any atom is 0.253 e. The van der Waals surface area contributed by atoms with Crippen LogP contribution in [0.1, 0.15) is 27.2 Å². The van der Waals surface area contributed by atoms with Gasteiger partial charge in [0.1, 0.15) is 6.10 Å². The van der Waals surface area contributed by atoms with Crippen molar-refractivity contribution in [1.82, 2.24) is 0 Å². The van der Waals surface area contributed by atoms with Crippen LogP contribution in [0.3, 0.4) is 0 Å². The molecule has 0 fully saturated rings. The number of hydrogen-bond acceptors (Lipinski definition) is 3. The lowest BCUT2D eigenvalue weighted by atomic mass is 10.2. The highest BCUT2D eigenvalue weighted by Gasteiger charge is 2.13. The van der Waals surface area contributed by atoms with Gasteiger partial charge in [0.2, 0.25) is 0 Å². The zero-order valence-electron chi connectivity index (χ0n) is 13.3. The Morgan fingerprint density at radius 1 is 1.33 bits per heavy atom. The molecule has 1 aromatic carbocycles. The highest BCUT2D eigenvalue weighted by molar-refractivity contribution is 5.94. The molecule has 0 aromatic heterocycles.